The zero-order valence-corrected chi connectivity index (χ0v) is 10.9. The molecule has 0 saturated heterocycles. The van der Waals surface area contributed by atoms with Crippen LogP contribution in [-0.4, -0.2) is 39.5 Å². The zero-order chi connectivity index (χ0) is 13.7. The molecule has 0 bridgehead atoms. The Labute approximate surface area is 113 Å². The first-order valence-corrected chi connectivity index (χ1v) is 6.01. The van der Waals surface area contributed by atoms with Crippen molar-refractivity contribution in [1.29, 1.82) is 0 Å². The smallest absolute Gasteiger partial charge is 0.161 e. The molecule has 0 aliphatic heterocycles. The summed E-state index contributed by atoms with van der Waals surface area (Å²) in [5.41, 5.74) is 3.02. The number of aryl methyl sites for hydroxylation is 2. The summed E-state index contributed by atoms with van der Waals surface area (Å²) < 4.78 is 3.42. The molecule has 4 heterocycles. The van der Waals surface area contributed by atoms with Gasteiger partial charge in [-0.1, -0.05) is 0 Å². The van der Waals surface area contributed by atoms with Gasteiger partial charge in [-0.2, -0.15) is 10.2 Å². The summed E-state index contributed by atoms with van der Waals surface area (Å²) in [6.07, 6.45) is 6.53. The Morgan fingerprint density at radius 1 is 0.700 bits per heavy atom. The van der Waals surface area contributed by atoms with Crippen molar-refractivity contribution >= 4 is 22.1 Å². The second-order valence-corrected chi connectivity index (χ2v) is 4.46. The lowest BCUT2D eigenvalue weighted by Gasteiger charge is -2.02. The maximum absolute atomic E-state index is 4.36. The molecule has 0 aliphatic carbocycles. The normalized spacial score (nSPS) is 11.5. The van der Waals surface area contributed by atoms with Crippen molar-refractivity contribution in [1.82, 2.24) is 39.5 Å². The Morgan fingerprint density at radius 2 is 1.15 bits per heavy atom. The molecule has 20 heavy (non-hydrogen) atoms. The van der Waals surface area contributed by atoms with Crippen LogP contribution in [0.25, 0.3) is 33.5 Å². The summed E-state index contributed by atoms with van der Waals surface area (Å²) >= 11 is 0. The molecule has 4 aromatic rings. The topological polar surface area (TPSA) is 87.2 Å². The van der Waals surface area contributed by atoms with Crippen LogP contribution in [0.5, 0.6) is 0 Å². The lowest BCUT2D eigenvalue weighted by Crippen LogP contribution is -1.96. The third-order valence-electron chi connectivity index (χ3n) is 3.28. The van der Waals surface area contributed by atoms with E-state index >= 15 is 0 Å². The second kappa shape index (κ2) is 3.80. The number of hydrogen-bond donors (Lipinski definition) is 0. The molecular formula is C12H10N8. The molecule has 0 saturated carbocycles. The summed E-state index contributed by atoms with van der Waals surface area (Å²) in [5, 5.41) is 10.2. The minimum Gasteiger partial charge on any atom is -0.250 e. The molecule has 0 unspecified atom stereocenters. The van der Waals surface area contributed by atoms with Gasteiger partial charge in [0.15, 0.2) is 11.3 Å². The number of fused-ring (bicyclic) bond motifs is 2. The lowest BCUT2D eigenvalue weighted by atomic mass is 10.2. The Morgan fingerprint density at radius 3 is 1.60 bits per heavy atom. The molecule has 8 nitrogen and oxygen atoms in total. The molecule has 0 spiro atoms. The summed E-state index contributed by atoms with van der Waals surface area (Å²) in [4.78, 5) is 17.2. The van der Waals surface area contributed by atoms with E-state index in [0.717, 1.165) is 33.5 Å². The fourth-order valence-electron chi connectivity index (χ4n) is 2.30. The first kappa shape index (κ1) is 11.0. The summed E-state index contributed by atoms with van der Waals surface area (Å²) in [5.74, 6) is 0. The Kier molecular flexibility index (Phi) is 2.08. The van der Waals surface area contributed by atoms with Gasteiger partial charge in [-0.05, 0) is 0 Å². The van der Waals surface area contributed by atoms with E-state index < -0.39 is 0 Å². The van der Waals surface area contributed by atoms with E-state index in [0.29, 0.717) is 0 Å². The van der Waals surface area contributed by atoms with Crippen LogP contribution < -0.4 is 0 Å². The van der Waals surface area contributed by atoms with Gasteiger partial charge in [0.2, 0.25) is 0 Å². The highest BCUT2D eigenvalue weighted by Crippen LogP contribution is 2.27. The van der Waals surface area contributed by atoms with Gasteiger partial charge < -0.3 is 0 Å². The number of nitrogens with zero attached hydrogens (tertiary/aromatic N) is 8. The van der Waals surface area contributed by atoms with E-state index in [2.05, 4.69) is 30.1 Å². The van der Waals surface area contributed by atoms with Crippen molar-refractivity contribution in [3.63, 3.8) is 0 Å². The van der Waals surface area contributed by atoms with Crippen molar-refractivity contribution in [2.24, 2.45) is 14.1 Å². The van der Waals surface area contributed by atoms with Crippen molar-refractivity contribution in [2.45, 2.75) is 0 Å². The third kappa shape index (κ3) is 1.35. The summed E-state index contributed by atoms with van der Waals surface area (Å²) in [6.45, 7) is 0. The SMILES string of the molecule is Cn1ncc2c(-c3ncnc4c3cnn4C)ncnc21. The fraction of sp³-hybridized carbons (Fsp3) is 0.167. The van der Waals surface area contributed by atoms with Gasteiger partial charge >= 0.3 is 0 Å². The second-order valence-electron chi connectivity index (χ2n) is 4.46. The van der Waals surface area contributed by atoms with Gasteiger partial charge in [0.25, 0.3) is 0 Å². The van der Waals surface area contributed by atoms with Gasteiger partial charge in [0, 0.05) is 14.1 Å². The molecule has 0 N–H and O–H groups in total. The average molecular weight is 266 g/mol. The Bertz CT molecular complexity index is 857. The highest BCUT2D eigenvalue weighted by atomic mass is 15.3. The summed E-state index contributed by atoms with van der Waals surface area (Å²) in [6, 6.07) is 0. The molecule has 0 fully saturated rings. The molecule has 0 amide bonds. The van der Waals surface area contributed by atoms with Gasteiger partial charge in [-0.3, -0.25) is 9.36 Å². The van der Waals surface area contributed by atoms with Crippen LogP contribution in [0.2, 0.25) is 0 Å². The van der Waals surface area contributed by atoms with E-state index in [1.807, 2.05) is 14.1 Å². The molecule has 4 aromatic heterocycles. The minimum atomic E-state index is 0.739. The average Bonchev–Trinajstić information content (AvgIpc) is 3.03. The van der Waals surface area contributed by atoms with Crippen LogP contribution in [0.1, 0.15) is 0 Å². The third-order valence-corrected chi connectivity index (χ3v) is 3.28. The van der Waals surface area contributed by atoms with Crippen LogP contribution in [0.3, 0.4) is 0 Å². The first-order valence-electron chi connectivity index (χ1n) is 6.01. The Balaban J connectivity index is 2.11. The van der Waals surface area contributed by atoms with Crippen LogP contribution in [0.4, 0.5) is 0 Å². The van der Waals surface area contributed by atoms with Gasteiger partial charge in [-0.15, -0.1) is 0 Å². The molecule has 8 heteroatoms. The molecular weight excluding hydrogens is 256 g/mol. The van der Waals surface area contributed by atoms with Crippen molar-refractivity contribution in [3.8, 4) is 11.4 Å². The predicted octanol–water partition coefficient (Wildman–Crippen LogP) is 0.707. The van der Waals surface area contributed by atoms with Crippen LogP contribution in [-0.2, 0) is 14.1 Å². The van der Waals surface area contributed by atoms with E-state index in [-0.39, 0.29) is 0 Å². The lowest BCUT2D eigenvalue weighted by molar-refractivity contribution is 0.785. The van der Waals surface area contributed by atoms with Crippen molar-refractivity contribution in [3.05, 3.63) is 25.0 Å². The molecule has 0 aliphatic rings. The maximum Gasteiger partial charge on any atom is 0.161 e. The molecule has 98 valence electrons. The van der Waals surface area contributed by atoms with Crippen molar-refractivity contribution in [2.75, 3.05) is 0 Å². The van der Waals surface area contributed by atoms with Crippen LogP contribution in [0.15, 0.2) is 25.0 Å². The van der Waals surface area contributed by atoms with Gasteiger partial charge in [0.05, 0.1) is 23.2 Å². The molecule has 0 radical (unpaired) electrons. The van der Waals surface area contributed by atoms with Gasteiger partial charge in [0.1, 0.15) is 24.0 Å². The largest absolute Gasteiger partial charge is 0.250 e. The zero-order valence-electron chi connectivity index (χ0n) is 10.9. The molecule has 0 atom stereocenters. The highest BCUT2D eigenvalue weighted by Gasteiger charge is 2.15. The highest BCUT2D eigenvalue weighted by molar-refractivity contribution is 5.97. The summed E-state index contributed by atoms with van der Waals surface area (Å²) in [7, 11) is 3.69. The standard InChI is InChI=1S/C12H10N8/c1-19-11-7(3-17-19)9(13-5-15-11)10-8-4-18-20(2)12(8)16-6-14-10/h3-6H,1-2H3. The monoisotopic (exact) mass is 266 g/mol. The van der Waals surface area contributed by atoms with E-state index in [9.17, 15) is 0 Å². The molecule has 4 rings (SSSR count). The van der Waals surface area contributed by atoms with E-state index in [1.165, 1.54) is 12.7 Å². The van der Waals surface area contributed by atoms with Crippen LogP contribution in [0, 0.1) is 0 Å². The predicted molar refractivity (Wildman–Crippen MR) is 71.6 cm³/mol. The quantitative estimate of drug-likeness (QED) is 0.504. The minimum absolute atomic E-state index is 0.739. The number of aromatic nitrogens is 8. The number of rotatable bonds is 1. The fourth-order valence-corrected chi connectivity index (χ4v) is 2.30. The number of hydrogen-bond acceptors (Lipinski definition) is 6. The van der Waals surface area contributed by atoms with Gasteiger partial charge in [-0.25, -0.2) is 19.9 Å². The molecule has 0 aromatic carbocycles. The Hall–Kier alpha value is -2.90. The van der Waals surface area contributed by atoms with E-state index in [4.69, 9.17) is 0 Å². The van der Waals surface area contributed by atoms with Crippen molar-refractivity contribution < 1.29 is 0 Å². The maximum atomic E-state index is 4.36. The van der Waals surface area contributed by atoms with E-state index in [1.54, 1.807) is 21.8 Å². The van der Waals surface area contributed by atoms with Crippen LogP contribution >= 0.6 is 0 Å². The first-order chi connectivity index (χ1) is 9.75.